The van der Waals surface area contributed by atoms with E-state index in [1.54, 1.807) is 0 Å². The van der Waals surface area contributed by atoms with Crippen molar-refractivity contribution in [1.82, 2.24) is 0 Å². The molecule has 0 aromatic carbocycles. The lowest BCUT2D eigenvalue weighted by molar-refractivity contribution is 0.272. The van der Waals surface area contributed by atoms with E-state index in [-0.39, 0.29) is 32.9 Å². The predicted octanol–water partition coefficient (Wildman–Crippen LogP) is -10.5. The first-order chi connectivity index (χ1) is 12.0. The number of rotatable bonds is 0. The Morgan fingerprint density at radius 2 is 0.194 bits per heavy atom. The third-order valence-electron chi connectivity index (χ3n) is 0. The maximum atomic E-state index is 8.88. The highest BCUT2D eigenvalue weighted by Crippen LogP contribution is 2.27. The molecule has 36 heavy (non-hydrogen) atoms. The van der Waals surface area contributed by atoms with E-state index in [0.717, 1.165) is 0 Å². The van der Waals surface area contributed by atoms with Gasteiger partial charge in [0.05, 0.1) is 0 Å². The maximum Gasteiger partial charge on any atom is 0.466 e. The van der Waals surface area contributed by atoms with Gasteiger partial charge in [0.15, 0.2) is 0 Å². The lowest BCUT2D eigenvalue weighted by Crippen LogP contribution is -1.66. The lowest BCUT2D eigenvalue weighted by Gasteiger charge is -1.82. The van der Waals surface area contributed by atoms with Crippen LogP contribution in [0.3, 0.4) is 0 Å². The Morgan fingerprint density at radius 1 is 0.194 bits per heavy atom. The zero-order valence-electron chi connectivity index (χ0n) is 16.2. The van der Waals surface area contributed by atoms with Gasteiger partial charge in [0.1, 0.15) is 0 Å². The molecule has 0 amide bonds. The fourth-order valence-electron chi connectivity index (χ4n) is 0. The van der Waals surface area contributed by atoms with E-state index in [2.05, 4.69) is 0 Å². The summed E-state index contributed by atoms with van der Waals surface area (Å²) >= 11 is 0. The summed E-state index contributed by atoms with van der Waals surface area (Å²) in [5.74, 6) is 0. The van der Waals surface area contributed by atoms with Crippen molar-refractivity contribution in [3.8, 4) is 0 Å². The van der Waals surface area contributed by atoms with E-state index < -0.39 is 46.9 Å². The Balaban J connectivity index is -0.0000000186. The molecule has 0 aliphatic carbocycles. The highest BCUT2D eigenvalue weighted by molar-refractivity contribution is 7.46. The van der Waals surface area contributed by atoms with Crippen LogP contribution in [-0.4, -0.2) is 121 Å². The molecule has 0 saturated carbocycles. The summed E-state index contributed by atoms with van der Waals surface area (Å²) in [4.78, 5) is 129. The van der Waals surface area contributed by atoms with Gasteiger partial charge in [-0.05, 0) is 0 Å². The summed E-state index contributed by atoms with van der Waals surface area (Å²) in [6.45, 7) is 0. The molecular weight excluding hydrogens is 666 g/mol. The van der Waals surface area contributed by atoms with E-state index in [9.17, 15) is 0 Å². The van der Waals surface area contributed by atoms with Gasteiger partial charge < -0.3 is 121 Å². The van der Waals surface area contributed by atoms with Gasteiger partial charge in [-0.3, -0.25) is 0 Å². The molecule has 240 valence electrons. The Kier molecular flexibility index (Phi) is 67.3. The SMILES string of the molecule is O.O.O.O.O.O.O=P(O)(O)O.O=P(O)(O)O.O=P(O)(O)O.O=P(O)(O)O.O=P(O)(O)O.O=P(O)(O)O. The first-order valence-electron chi connectivity index (χ1n) is 4.70. The molecule has 0 rings (SSSR count). The molecule has 0 spiro atoms. The maximum absolute atomic E-state index is 8.88. The minimum Gasteiger partial charge on any atom is -0.412 e. The normalized spacial score (nSPS) is 9.83. The van der Waals surface area contributed by atoms with Crippen molar-refractivity contribution >= 4 is 46.9 Å². The molecule has 0 aliphatic heterocycles. The zero-order chi connectivity index (χ0) is 27.0. The summed E-state index contributed by atoms with van der Waals surface area (Å²) in [6.07, 6.45) is 0. The van der Waals surface area contributed by atoms with Gasteiger partial charge in [-0.2, -0.15) is 0 Å². The Labute approximate surface area is 196 Å². The third kappa shape index (κ3) is 218000. The van der Waals surface area contributed by atoms with Crippen LogP contribution in [0.1, 0.15) is 0 Å². The van der Waals surface area contributed by atoms with Crippen molar-refractivity contribution in [1.29, 1.82) is 0 Å². The molecule has 0 bridgehead atoms. The first-order valence-corrected chi connectivity index (χ1v) is 14.1. The average Bonchev–Trinajstić information content (AvgIpc) is 1.94. The van der Waals surface area contributed by atoms with Crippen LogP contribution in [-0.2, 0) is 27.4 Å². The Hall–Kier alpha value is 0.420. The molecule has 0 aliphatic rings. The van der Waals surface area contributed by atoms with Crippen LogP contribution in [0.5, 0.6) is 0 Å². The van der Waals surface area contributed by atoms with Gasteiger partial charge in [-0.15, -0.1) is 0 Å². The Bertz CT molecular complexity index is 456. The van der Waals surface area contributed by atoms with E-state index in [4.69, 9.17) is 115 Å². The fourth-order valence-corrected chi connectivity index (χ4v) is 0. The van der Waals surface area contributed by atoms with Gasteiger partial charge in [0.2, 0.25) is 0 Å². The van der Waals surface area contributed by atoms with Crippen LogP contribution in [0, 0.1) is 0 Å². The molecular formula is H30O30P6. The molecule has 0 unspecified atom stereocenters. The van der Waals surface area contributed by atoms with Crippen LogP contribution in [0.4, 0.5) is 0 Å². The van der Waals surface area contributed by atoms with Crippen LogP contribution in [0.15, 0.2) is 0 Å². The molecule has 30 nitrogen and oxygen atoms in total. The molecule has 0 aromatic heterocycles. The van der Waals surface area contributed by atoms with Crippen LogP contribution < -0.4 is 0 Å². The third-order valence-corrected chi connectivity index (χ3v) is 0. The minimum atomic E-state index is -4.64. The molecule has 0 radical (unpaired) electrons. The summed E-state index contributed by atoms with van der Waals surface area (Å²) in [7, 11) is -27.8. The zero-order valence-corrected chi connectivity index (χ0v) is 21.5. The van der Waals surface area contributed by atoms with Crippen molar-refractivity contribution in [2.45, 2.75) is 0 Å². The average molecular weight is 696 g/mol. The standard InChI is InChI=1S/6H3O4P.6H2O/c6*1-5(2,3)4;;;;;;/h6*(H3,1,2,3,4);6*1H2. The molecule has 0 fully saturated rings. The largest absolute Gasteiger partial charge is 0.466 e. The topological polar surface area (TPSA) is 656 Å². The lowest BCUT2D eigenvalue weighted by atomic mass is 15.8. The fraction of sp³-hybridized carbons (Fsp3) is 0. The minimum absolute atomic E-state index is 0. The molecule has 30 N–H and O–H groups in total. The number of phosphoric acid groups is 6. The van der Waals surface area contributed by atoms with Crippen LogP contribution >= 0.6 is 46.9 Å². The number of hydrogen-bond donors (Lipinski definition) is 18. The molecule has 36 heteroatoms. The van der Waals surface area contributed by atoms with Crippen molar-refractivity contribution in [2.24, 2.45) is 0 Å². The van der Waals surface area contributed by atoms with E-state index in [1.165, 1.54) is 0 Å². The molecule has 0 atom stereocenters. The van der Waals surface area contributed by atoms with Crippen molar-refractivity contribution < 1.29 is 148 Å². The van der Waals surface area contributed by atoms with Crippen LogP contribution in [0.25, 0.3) is 0 Å². The van der Waals surface area contributed by atoms with Crippen molar-refractivity contribution in [3.63, 3.8) is 0 Å². The van der Waals surface area contributed by atoms with Gasteiger partial charge >= 0.3 is 46.9 Å². The number of hydrogen-bond acceptors (Lipinski definition) is 6. The van der Waals surface area contributed by atoms with Crippen molar-refractivity contribution in [2.75, 3.05) is 0 Å². The monoisotopic (exact) mass is 696 g/mol. The Morgan fingerprint density at radius 3 is 0.194 bits per heavy atom. The van der Waals surface area contributed by atoms with Crippen molar-refractivity contribution in [3.05, 3.63) is 0 Å². The van der Waals surface area contributed by atoms with E-state index >= 15 is 0 Å². The second-order valence-electron chi connectivity index (χ2n) is 3.08. The summed E-state index contributed by atoms with van der Waals surface area (Å²) in [6, 6.07) is 0. The summed E-state index contributed by atoms with van der Waals surface area (Å²) in [5, 5.41) is 0. The summed E-state index contributed by atoms with van der Waals surface area (Å²) in [5.41, 5.74) is 0. The summed E-state index contributed by atoms with van der Waals surface area (Å²) < 4.78 is 53.3. The van der Waals surface area contributed by atoms with E-state index in [0.29, 0.717) is 0 Å². The second-order valence-corrected chi connectivity index (χ2v) is 9.24. The van der Waals surface area contributed by atoms with Gasteiger partial charge in [-0.25, -0.2) is 27.4 Å². The molecule has 0 saturated heterocycles. The predicted molar refractivity (Wildman–Crippen MR) is 107 cm³/mol. The van der Waals surface area contributed by atoms with Gasteiger partial charge in [0.25, 0.3) is 0 Å². The quantitative estimate of drug-likeness (QED) is 0.105. The molecule has 0 aromatic rings. The second kappa shape index (κ2) is 31.6. The molecule has 0 heterocycles. The highest BCUT2D eigenvalue weighted by atomic mass is 31.2. The van der Waals surface area contributed by atoms with E-state index in [1.807, 2.05) is 0 Å². The van der Waals surface area contributed by atoms with Gasteiger partial charge in [0, 0.05) is 0 Å². The first kappa shape index (κ1) is 76.6. The van der Waals surface area contributed by atoms with Crippen LogP contribution in [0.2, 0.25) is 0 Å². The highest BCUT2D eigenvalue weighted by Gasteiger charge is 2.02. The smallest absolute Gasteiger partial charge is 0.412 e. The van der Waals surface area contributed by atoms with Gasteiger partial charge in [-0.1, -0.05) is 0 Å².